The summed E-state index contributed by atoms with van der Waals surface area (Å²) in [5, 5.41) is 13.4. The van der Waals surface area contributed by atoms with Crippen LogP contribution in [0.15, 0.2) is 6.20 Å². The first-order chi connectivity index (χ1) is 10.6. The standard InChI is InChI=1S/C16H29N5O/c1-13-10-17-16(19-15(13)20(2)3)18-11-14(22)12-21-8-6-4-5-7-9-21/h10,14,22H,4-9,11-12H2,1-3H3,(H,17,18,19)/t14-/m0/s1. The zero-order chi connectivity index (χ0) is 15.9. The van der Waals surface area contributed by atoms with E-state index in [4.69, 9.17) is 0 Å². The van der Waals surface area contributed by atoms with Crippen LogP contribution in [0.1, 0.15) is 31.2 Å². The molecular formula is C16H29N5O. The van der Waals surface area contributed by atoms with E-state index in [0.717, 1.165) is 31.0 Å². The van der Waals surface area contributed by atoms with Gasteiger partial charge in [-0.2, -0.15) is 4.98 Å². The first-order valence-electron chi connectivity index (χ1n) is 8.21. The Morgan fingerprint density at radius 2 is 1.95 bits per heavy atom. The van der Waals surface area contributed by atoms with Gasteiger partial charge in [-0.3, -0.25) is 0 Å². The van der Waals surface area contributed by atoms with Crippen molar-refractivity contribution in [3.63, 3.8) is 0 Å². The molecule has 124 valence electrons. The van der Waals surface area contributed by atoms with Gasteiger partial charge in [0.2, 0.25) is 5.95 Å². The molecule has 0 unspecified atom stereocenters. The number of likely N-dealkylation sites (tertiary alicyclic amines) is 1. The predicted octanol–water partition coefficient (Wildman–Crippen LogP) is 1.50. The van der Waals surface area contributed by atoms with Gasteiger partial charge in [0.25, 0.3) is 0 Å². The molecule has 1 aromatic heterocycles. The minimum absolute atomic E-state index is 0.397. The monoisotopic (exact) mass is 307 g/mol. The van der Waals surface area contributed by atoms with Crippen LogP contribution < -0.4 is 10.2 Å². The molecule has 1 fully saturated rings. The van der Waals surface area contributed by atoms with Crippen LogP contribution in [0, 0.1) is 6.92 Å². The van der Waals surface area contributed by atoms with Crippen molar-refractivity contribution in [1.82, 2.24) is 14.9 Å². The highest BCUT2D eigenvalue weighted by Crippen LogP contribution is 2.15. The Hall–Kier alpha value is -1.40. The summed E-state index contributed by atoms with van der Waals surface area (Å²) >= 11 is 0. The van der Waals surface area contributed by atoms with Gasteiger partial charge in [-0.25, -0.2) is 4.98 Å². The van der Waals surface area contributed by atoms with Crippen LogP contribution in [0.2, 0.25) is 0 Å². The number of hydrogen-bond donors (Lipinski definition) is 2. The molecule has 0 aliphatic carbocycles. The summed E-state index contributed by atoms with van der Waals surface area (Å²) < 4.78 is 0. The molecule has 6 heteroatoms. The first-order valence-corrected chi connectivity index (χ1v) is 8.21. The van der Waals surface area contributed by atoms with Crippen LogP contribution in [0.3, 0.4) is 0 Å². The molecule has 1 aromatic rings. The van der Waals surface area contributed by atoms with Crippen molar-refractivity contribution in [2.75, 3.05) is 50.5 Å². The molecule has 1 atom stereocenters. The average Bonchev–Trinajstić information content (AvgIpc) is 2.74. The fourth-order valence-electron chi connectivity index (χ4n) is 2.86. The molecule has 0 bridgehead atoms. The maximum absolute atomic E-state index is 10.2. The lowest BCUT2D eigenvalue weighted by molar-refractivity contribution is 0.124. The van der Waals surface area contributed by atoms with E-state index in [0.29, 0.717) is 12.5 Å². The summed E-state index contributed by atoms with van der Waals surface area (Å²) in [5.41, 5.74) is 1.04. The van der Waals surface area contributed by atoms with E-state index in [2.05, 4.69) is 20.2 Å². The van der Waals surface area contributed by atoms with Crippen molar-refractivity contribution >= 4 is 11.8 Å². The molecule has 22 heavy (non-hydrogen) atoms. The van der Waals surface area contributed by atoms with Gasteiger partial charge in [0.1, 0.15) is 5.82 Å². The highest BCUT2D eigenvalue weighted by Gasteiger charge is 2.14. The lowest BCUT2D eigenvalue weighted by atomic mass is 10.2. The smallest absolute Gasteiger partial charge is 0.224 e. The summed E-state index contributed by atoms with van der Waals surface area (Å²) in [6.07, 6.45) is 6.53. The van der Waals surface area contributed by atoms with Gasteiger partial charge in [0.05, 0.1) is 6.10 Å². The molecule has 0 saturated carbocycles. The molecule has 0 spiro atoms. The molecule has 2 heterocycles. The molecule has 2 rings (SSSR count). The van der Waals surface area contributed by atoms with Crippen LogP contribution in [-0.2, 0) is 0 Å². The van der Waals surface area contributed by atoms with Gasteiger partial charge in [0, 0.05) is 38.9 Å². The second-order valence-electron chi connectivity index (χ2n) is 6.34. The minimum Gasteiger partial charge on any atom is -0.390 e. The van der Waals surface area contributed by atoms with E-state index in [-0.39, 0.29) is 0 Å². The van der Waals surface area contributed by atoms with Gasteiger partial charge in [0.15, 0.2) is 0 Å². The van der Waals surface area contributed by atoms with Crippen molar-refractivity contribution in [2.24, 2.45) is 0 Å². The van der Waals surface area contributed by atoms with Gasteiger partial charge >= 0.3 is 0 Å². The van der Waals surface area contributed by atoms with Crippen molar-refractivity contribution in [3.05, 3.63) is 11.8 Å². The Labute approximate surface area is 133 Å². The highest BCUT2D eigenvalue weighted by molar-refractivity contribution is 5.47. The Morgan fingerprint density at radius 1 is 1.27 bits per heavy atom. The highest BCUT2D eigenvalue weighted by atomic mass is 16.3. The first kappa shape index (κ1) is 17.0. The number of rotatable bonds is 6. The number of anilines is 2. The number of aliphatic hydroxyl groups is 1. The summed E-state index contributed by atoms with van der Waals surface area (Å²) in [4.78, 5) is 13.1. The third-order valence-corrected chi connectivity index (χ3v) is 4.03. The molecule has 1 aliphatic rings. The van der Waals surface area contributed by atoms with E-state index < -0.39 is 6.10 Å². The number of aliphatic hydroxyl groups excluding tert-OH is 1. The number of aryl methyl sites for hydroxylation is 1. The lowest BCUT2D eigenvalue weighted by Crippen LogP contribution is -2.36. The summed E-state index contributed by atoms with van der Waals surface area (Å²) in [6.45, 7) is 5.39. The number of aromatic nitrogens is 2. The van der Waals surface area contributed by atoms with Crippen molar-refractivity contribution < 1.29 is 5.11 Å². The number of hydrogen-bond acceptors (Lipinski definition) is 6. The van der Waals surface area contributed by atoms with Crippen molar-refractivity contribution in [2.45, 2.75) is 38.7 Å². The largest absolute Gasteiger partial charge is 0.390 e. The zero-order valence-corrected chi connectivity index (χ0v) is 14.0. The maximum atomic E-state index is 10.2. The van der Waals surface area contributed by atoms with Crippen LogP contribution in [0.25, 0.3) is 0 Å². The Kier molecular flexibility index (Phi) is 6.39. The summed E-state index contributed by atoms with van der Waals surface area (Å²) in [6, 6.07) is 0. The van der Waals surface area contributed by atoms with E-state index in [1.54, 1.807) is 0 Å². The molecule has 6 nitrogen and oxygen atoms in total. The summed E-state index contributed by atoms with van der Waals surface area (Å²) in [7, 11) is 3.93. The molecule has 0 radical (unpaired) electrons. The fourth-order valence-corrected chi connectivity index (χ4v) is 2.86. The molecule has 1 aliphatic heterocycles. The van der Waals surface area contributed by atoms with Crippen LogP contribution in [0.4, 0.5) is 11.8 Å². The molecule has 1 saturated heterocycles. The SMILES string of the molecule is Cc1cnc(NC[C@H](O)CN2CCCCCC2)nc1N(C)C. The predicted molar refractivity (Wildman–Crippen MR) is 90.5 cm³/mol. The Bertz CT molecular complexity index is 458. The zero-order valence-electron chi connectivity index (χ0n) is 14.0. The normalized spacial score (nSPS) is 17.8. The maximum Gasteiger partial charge on any atom is 0.224 e. The van der Waals surface area contributed by atoms with Gasteiger partial charge in [-0.15, -0.1) is 0 Å². The average molecular weight is 307 g/mol. The van der Waals surface area contributed by atoms with E-state index in [9.17, 15) is 5.11 Å². The topological polar surface area (TPSA) is 64.5 Å². The van der Waals surface area contributed by atoms with E-state index >= 15 is 0 Å². The van der Waals surface area contributed by atoms with Gasteiger partial charge in [-0.1, -0.05) is 12.8 Å². The third kappa shape index (κ3) is 5.10. The van der Waals surface area contributed by atoms with Crippen LogP contribution in [0.5, 0.6) is 0 Å². The minimum atomic E-state index is -0.397. The Morgan fingerprint density at radius 3 is 2.59 bits per heavy atom. The van der Waals surface area contributed by atoms with Crippen LogP contribution in [-0.4, -0.2) is 66.4 Å². The molecule has 0 aromatic carbocycles. The van der Waals surface area contributed by atoms with Crippen molar-refractivity contribution in [1.29, 1.82) is 0 Å². The second-order valence-corrected chi connectivity index (χ2v) is 6.34. The van der Waals surface area contributed by atoms with Gasteiger partial charge in [-0.05, 0) is 32.9 Å². The van der Waals surface area contributed by atoms with Crippen molar-refractivity contribution in [3.8, 4) is 0 Å². The lowest BCUT2D eigenvalue weighted by Gasteiger charge is -2.23. The summed E-state index contributed by atoms with van der Waals surface area (Å²) in [5.74, 6) is 1.48. The van der Waals surface area contributed by atoms with E-state index in [1.165, 1.54) is 25.7 Å². The molecule has 0 amide bonds. The third-order valence-electron chi connectivity index (χ3n) is 4.03. The quantitative estimate of drug-likeness (QED) is 0.830. The number of nitrogens with zero attached hydrogens (tertiary/aromatic N) is 4. The molecular weight excluding hydrogens is 278 g/mol. The van der Waals surface area contributed by atoms with Crippen LogP contribution >= 0.6 is 0 Å². The Balaban J connectivity index is 1.82. The molecule has 2 N–H and O–H groups in total. The van der Waals surface area contributed by atoms with E-state index in [1.807, 2.05) is 32.1 Å². The number of nitrogens with one attached hydrogen (secondary N) is 1. The fraction of sp³-hybridized carbons (Fsp3) is 0.750. The van der Waals surface area contributed by atoms with Gasteiger partial charge < -0.3 is 20.2 Å². The second kappa shape index (κ2) is 8.29. The number of β-amino-alcohol motifs (C(OH)–C–C–N with tert-alkyl or cyclic N) is 1.